The average molecular weight is 422 g/mol. The minimum atomic E-state index is -3.51. The number of rotatable bonds is 6. The van der Waals surface area contributed by atoms with Crippen LogP contribution in [-0.2, 0) is 14.8 Å². The summed E-state index contributed by atoms with van der Waals surface area (Å²) in [5.41, 5.74) is 1.17. The van der Waals surface area contributed by atoms with E-state index in [-0.39, 0.29) is 16.6 Å². The third-order valence-corrected chi connectivity index (χ3v) is 7.53. The fraction of sp³-hybridized carbons (Fsp3) is 0.550. The van der Waals surface area contributed by atoms with E-state index < -0.39 is 10.0 Å². The summed E-state index contributed by atoms with van der Waals surface area (Å²) in [5, 5.41) is 3.55. The van der Waals surface area contributed by atoms with E-state index in [4.69, 9.17) is 9.15 Å². The molecule has 158 valence electrons. The number of morpholine rings is 1. The molecule has 0 radical (unpaired) electrons. The van der Waals surface area contributed by atoms with Gasteiger partial charge in [-0.3, -0.25) is 9.69 Å². The van der Waals surface area contributed by atoms with E-state index in [0.717, 1.165) is 45.7 Å². The zero-order valence-electron chi connectivity index (χ0n) is 16.6. The first kappa shape index (κ1) is 20.3. The maximum absolute atomic E-state index is 12.8. The molecule has 0 atom stereocenters. The van der Waals surface area contributed by atoms with Crippen molar-refractivity contribution in [2.75, 3.05) is 52.5 Å². The molecule has 8 nitrogen and oxygen atoms in total. The molecule has 0 unspecified atom stereocenters. The van der Waals surface area contributed by atoms with Crippen molar-refractivity contribution in [3.8, 4) is 0 Å². The standard InChI is InChI=1S/C20H27N3O5S/c1-15-17-14-16(29(25,26)23-7-2-3-8-23)4-5-18(17)28-19(15)20(24)21-6-9-22-10-12-27-13-11-22/h4-5,14H,2-3,6-13H2,1H3,(H,21,24). The number of aryl methyl sites for hydroxylation is 1. The summed E-state index contributed by atoms with van der Waals surface area (Å²) in [4.78, 5) is 15.1. The molecule has 2 aliphatic rings. The molecule has 1 aromatic heterocycles. The first-order chi connectivity index (χ1) is 14.0. The van der Waals surface area contributed by atoms with Gasteiger partial charge < -0.3 is 14.5 Å². The Morgan fingerprint density at radius 1 is 1.14 bits per heavy atom. The van der Waals surface area contributed by atoms with Crippen molar-refractivity contribution < 1.29 is 22.4 Å². The molecular weight excluding hydrogens is 394 g/mol. The third-order valence-electron chi connectivity index (χ3n) is 5.63. The van der Waals surface area contributed by atoms with Gasteiger partial charge in [0.1, 0.15) is 5.58 Å². The van der Waals surface area contributed by atoms with Crippen molar-refractivity contribution in [1.29, 1.82) is 0 Å². The Bertz CT molecular complexity index is 989. The number of nitrogens with zero attached hydrogens (tertiary/aromatic N) is 2. The van der Waals surface area contributed by atoms with Crippen LogP contribution in [0.25, 0.3) is 11.0 Å². The molecule has 9 heteroatoms. The number of hydrogen-bond donors (Lipinski definition) is 1. The molecule has 2 aromatic rings. The molecule has 2 saturated heterocycles. The fourth-order valence-corrected chi connectivity index (χ4v) is 5.43. The number of fused-ring (bicyclic) bond motifs is 1. The number of benzene rings is 1. The Morgan fingerprint density at radius 3 is 2.59 bits per heavy atom. The van der Waals surface area contributed by atoms with Crippen molar-refractivity contribution in [3.05, 3.63) is 29.5 Å². The highest BCUT2D eigenvalue weighted by atomic mass is 32.2. The van der Waals surface area contributed by atoms with E-state index in [1.807, 2.05) is 0 Å². The summed E-state index contributed by atoms with van der Waals surface area (Å²) in [6, 6.07) is 4.81. The Morgan fingerprint density at radius 2 is 1.86 bits per heavy atom. The second-order valence-corrected chi connectivity index (χ2v) is 9.47. The molecular formula is C20H27N3O5S. The maximum atomic E-state index is 12.8. The lowest BCUT2D eigenvalue weighted by atomic mass is 10.1. The molecule has 2 aliphatic heterocycles. The molecule has 1 aromatic carbocycles. The van der Waals surface area contributed by atoms with Gasteiger partial charge in [0.25, 0.3) is 5.91 Å². The van der Waals surface area contributed by atoms with E-state index in [2.05, 4.69) is 10.2 Å². The van der Waals surface area contributed by atoms with Crippen LogP contribution in [0.15, 0.2) is 27.5 Å². The molecule has 1 amide bonds. The van der Waals surface area contributed by atoms with Gasteiger partial charge in [0, 0.05) is 50.2 Å². The predicted molar refractivity (Wildman–Crippen MR) is 109 cm³/mol. The van der Waals surface area contributed by atoms with Crippen LogP contribution in [0.5, 0.6) is 0 Å². The smallest absolute Gasteiger partial charge is 0.287 e. The lowest BCUT2D eigenvalue weighted by molar-refractivity contribution is 0.0382. The van der Waals surface area contributed by atoms with Gasteiger partial charge in [0.15, 0.2) is 5.76 Å². The minimum absolute atomic E-state index is 0.234. The quantitative estimate of drug-likeness (QED) is 0.762. The first-order valence-electron chi connectivity index (χ1n) is 10.1. The van der Waals surface area contributed by atoms with E-state index in [0.29, 0.717) is 36.2 Å². The van der Waals surface area contributed by atoms with Crippen molar-refractivity contribution in [3.63, 3.8) is 0 Å². The van der Waals surface area contributed by atoms with E-state index in [9.17, 15) is 13.2 Å². The largest absolute Gasteiger partial charge is 0.451 e. The van der Waals surface area contributed by atoms with Gasteiger partial charge >= 0.3 is 0 Å². The first-order valence-corrected chi connectivity index (χ1v) is 11.5. The van der Waals surface area contributed by atoms with Gasteiger partial charge in [-0.15, -0.1) is 0 Å². The van der Waals surface area contributed by atoms with Gasteiger partial charge in [-0.1, -0.05) is 0 Å². The normalized spacial score (nSPS) is 19.1. The summed E-state index contributed by atoms with van der Waals surface area (Å²) in [6.45, 7) is 7.36. The predicted octanol–water partition coefficient (Wildman–Crippen LogP) is 1.59. The molecule has 2 fully saturated rings. The zero-order valence-corrected chi connectivity index (χ0v) is 17.5. The Kier molecular flexibility index (Phi) is 5.91. The molecule has 29 heavy (non-hydrogen) atoms. The number of hydrogen-bond acceptors (Lipinski definition) is 6. The SMILES string of the molecule is Cc1c(C(=O)NCCN2CCOCC2)oc2ccc(S(=O)(=O)N3CCCC3)cc12. The average Bonchev–Trinajstić information content (AvgIpc) is 3.38. The fourth-order valence-electron chi connectivity index (χ4n) is 3.89. The van der Waals surface area contributed by atoms with Crippen LogP contribution in [0.4, 0.5) is 0 Å². The molecule has 0 bridgehead atoms. The molecule has 0 spiro atoms. The number of furan rings is 1. The van der Waals surface area contributed by atoms with Gasteiger partial charge in [-0.05, 0) is 38.0 Å². The lowest BCUT2D eigenvalue weighted by Gasteiger charge is -2.26. The van der Waals surface area contributed by atoms with E-state index in [1.165, 1.54) is 4.31 Å². The van der Waals surface area contributed by atoms with E-state index >= 15 is 0 Å². The number of ether oxygens (including phenoxy) is 1. The molecule has 3 heterocycles. The van der Waals surface area contributed by atoms with Crippen LogP contribution >= 0.6 is 0 Å². The summed E-state index contributed by atoms with van der Waals surface area (Å²) in [5.74, 6) is -0.0476. The van der Waals surface area contributed by atoms with Crippen LogP contribution < -0.4 is 5.32 Å². The lowest BCUT2D eigenvalue weighted by Crippen LogP contribution is -2.41. The number of carbonyl (C=O) groups is 1. The van der Waals surface area contributed by atoms with Crippen molar-refractivity contribution in [1.82, 2.24) is 14.5 Å². The Hall–Kier alpha value is -1.94. The second kappa shape index (κ2) is 8.43. The minimum Gasteiger partial charge on any atom is -0.451 e. The summed E-state index contributed by atoms with van der Waals surface area (Å²) in [6.07, 6.45) is 1.78. The maximum Gasteiger partial charge on any atom is 0.287 e. The Labute approximate surface area is 170 Å². The number of amides is 1. The summed E-state index contributed by atoms with van der Waals surface area (Å²) >= 11 is 0. The van der Waals surface area contributed by atoms with Crippen molar-refractivity contribution in [2.45, 2.75) is 24.7 Å². The number of nitrogens with one attached hydrogen (secondary N) is 1. The highest BCUT2D eigenvalue weighted by molar-refractivity contribution is 7.89. The van der Waals surface area contributed by atoms with Crippen LogP contribution in [-0.4, -0.2) is 76.0 Å². The highest BCUT2D eigenvalue weighted by Crippen LogP contribution is 2.29. The number of sulfonamides is 1. The van der Waals surface area contributed by atoms with Crippen LogP contribution in [0.2, 0.25) is 0 Å². The van der Waals surface area contributed by atoms with Gasteiger partial charge in [-0.25, -0.2) is 8.42 Å². The third kappa shape index (κ3) is 4.18. The van der Waals surface area contributed by atoms with Gasteiger partial charge in [-0.2, -0.15) is 4.31 Å². The van der Waals surface area contributed by atoms with Gasteiger partial charge in [0.2, 0.25) is 10.0 Å². The Balaban J connectivity index is 1.49. The van der Waals surface area contributed by atoms with E-state index in [1.54, 1.807) is 25.1 Å². The number of carbonyl (C=O) groups excluding carboxylic acids is 1. The van der Waals surface area contributed by atoms with Crippen LogP contribution in [0, 0.1) is 6.92 Å². The monoisotopic (exact) mass is 421 g/mol. The highest BCUT2D eigenvalue weighted by Gasteiger charge is 2.28. The van der Waals surface area contributed by atoms with Crippen molar-refractivity contribution in [2.24, 2.45) is 0 Å². The molecule has 4 rings (SSSR count). The van der Waals surface area contributed by atoms with Crippen molar-refractivity contribution >= 4 is 26.9 Å². The van der Waals surface area contributed by atoms with Gasteiger partial charge in [0.05, 0.1) is 18.1 Å². The van der Waals surface area contributed by atoms with Crippen LogP contribution in [0.3, 0.4) is 0 Å². The molecule has 0 aliphatic carbocycles. The van der Waals surface area contributed by atoms with Crippen LogP contribution in [0.1, 0.15) is 29.0 Å². The second-order valence-electron chi connectivity index (χ2n) is 7.54. The molecule has 0 saturated carbocycles. The topological polar surface area (TPSA) is 92.1 Å². The summed E-state index contributed by atoms with van der Waals surface area (Å²) < 4.78 is 38.2. The summed E-state index contributed by atoms with van der Waals surface area (Å²) in [7, 11) is -3.51. The zero-order chi connectivity index (χ0) is 20.4. The molecule has 1 N–H and O–H groups in total.